The fourth-order valence-electron chi connectivity index (χ4n) is 2.32. The first-order chi connectivity index (χ1) is 13.2. The molecule has 10 heteroatoms. The number of nitrogens with zero attached hydrogens (tertiary/aromatic N) is 2. The predicted octanol–water partition coefficient (Wildman–Crippen LogP) is 3.12. The molecule has 0 fully saturated rings. The van der Waals surface area contributed by atoms with E-state index in [-0.39, 0.29) is 41.6 Å². The lowest BCUT2D eigenvalue weighted by Crippen LogP contribution is -2.42. The van der Waals surface area contributed by atoms with E-state index in [9.17, 15) is 12.8 Å². The van der Waals surface area contributed by atoms with E-state index in [1.807, 2.05) is 13.0 Å². The molecule has 1 heterocycles. The van der Waals surface area contributed by atoms with Gasteiger partial charge in [-0.2, -0.15) is 0 Å². The van der Waals surface area contributed by atoms with Crippen LogP contribution in [-0.4, -0.2) is 44.5 Å². The first-order valence-corrected chi connectivity index (χ1v) is 10.8. The SMILES string of the molecule is CN=C(NCc1ccnc(Oc2ccc(F)cc2)c1)NC(C)CCS(C)(=O)=O.I. The molecule has 0 radical (unpaired) electrons. The lowest BCUT2D eigenvalue weighted by Gasteiger charge is -2.17. The molecule has 2 N–H and O–H groups in total. The highest BCUT2D eigenvalue weighted by molar-refractivity contribution is 14.0. The van der Waals surface area contributed by atoms with E-state index in [1.54, 1.807) is 19.3 Å². The molecule has 7 nitrogen and oxygen atoms in total. The molecule has 29 heavy (non-hydrogen) atoms. The van der Waals surface area contributed by atoms with Gasteiger partial charge in [0.25, 0.3) is 0 Å². The molecule has 1 aromatic carbocycles. The minimum atomic E-state index is -2.99. The summed E-state index contributed by atoms with van der Waals surface area (Å²) in [6.45, 7) is 2.37. The second-order valence-corrected chi connectivity index (χ2v) is 8.71. The Balaban J connectivity index is 0.00000420. The van der Waals surface area contributed by atoms with E-state index in [1.165, 1.54) is 30.5 Å². The number of halogens is 2. The average molecular weight is 536 g/mol. The summed E-state index contributed by atoms with van der Waals surface area (Å²) in [5, 5.41) is 6.33. The molecule has 160 valence electrons. The van der Waals surface area contributed by atoms with Crippen molar-refractivity contribution in [3.8, 4) is 11.6 Å². The van der Waals surface area contributed by atoms with E-state index in [0.717, 1.165) is 5.56 Å². The minimum absolute atomic E-state index is 0. The van der Waals surface area contributed by atoms with Crippen molar-refractivity contribution in [2.75, 3.05) is 19.1 Å². The minimum Gasteiger partial charge on any atom is -0.439 e. The number of pyridine rings is 1. The Morgan fingerprint density at radius 1 is 1.28 bits per heavy atom. The van der Waals surface area contributed by atoms with Crippen LogP contribution in [0.4, 0.5) is 4.39 Å². The van der Waals surface area contributed by atoms with Crippen molar-refractivity contribution >= 4 is 39.8 Å². The third-order valence-corrected chi connectivity index (χ3v) is 4.80. The van der Waals surface area contributed by atoms with Gasteiger partial charge in [0.15, 0.2) is 5.96 Å². The topological polar surface area (TPSA) is 92.7 Å². The number of guanidine groups is 1. The number of sulfone groups is 1. The van der Waals surface area contributed by atoms with Crippen LogP contribution >= 0.6 is 24.0 Å². The number of ether oxygens (including phenoxy) is 1. The lowest BCUT2D eigenvalue weighted by molar-refractivity contribution is 0.460. The number of rotatable bonds is 8. The fourth-order valence-corrected chi connectivity index (χ4v) is 3.10. The van der Waals surface area contributed by atoms with Crippen LogP contribution in [0.5, 0.6) is 11.6 Å². The number of benzene rings is 1. The molecule has 1 atom stereocenters. The molecular formula is C19H26FIN4O3S. The highest BCUT2D eigenvalue weighted by Gasteiger charge is 2.10. The van der Waals surface area contributed by atoms with Crippen molar-refractivity contribution in [3.63, 3.8) is 0 Å². The summed E-state index contributed by atoms with van der Waals surface area (Å²) >= 11 is 0. The molecule has 0 saturated carbocycles. The maximum Gasteiger partial charge on any atom is 0.219 e. The van der Waals surface area contributed by atoms with Gasteiger partial charge in [0, 0.05) is 38.2 Å². The van der Waals surface area contributed by atoms with Crippen molar-refractivity contribution in [1.82, 2.24) is 15.6 Å². The normalized spacial score (nSPS) is 12.6. The summed E-state index contributed by atoms with van der Waals surface area (Å²) in [5.74, 6) is 1.25. The lowest BCUT2D eigenvalue weighted by atomic mass is 10.2. The van der Waals surface area contributed by atoms with Crippen LogP contribution in [0.2, 0.25) is 0 Å². The van der Waals surface area contributed by atoms with Gasteiger partial charge in [0.2, 0.25) is 5.88 Å². The monoisotopic (exact) mass is 536 g/mol. The van der Waals surface area contributed by atoms with E-state index in [0.29, 0.717) is 30.6 Å². The van der Waals surface area contributed by atoms with E-state index >= 15 is 0 Å². The summed E-state index contributed by atoms with van der Waals surface area (Å²) in [6.07, 6.45) is 3.34. The van der Waals surface area contributed by atoms with Crippen LogP contribution < -0.4 is 15.4 Å². The van der Waals surface area contributed by atoms with Gasteiger partial charge in [-0.05, 0) is 49.2 Å². The molecule has 0 aliphatic rings. The number of hydrogen-bond acceptors (Lipinski definition) is 5. The Labute approximate surface area is 188 Å². The molecule has 1 unspecified atom stereocenters. The average Bonchev–Trinajstić information content (AvgIpc) is 2.65. The van der Waals surface area contributed by atoms with Crippen LogP contribution in [0.25, 0.3) is 0 Å². The van der Waals surface area contributed by atoms with Gasteiger partial charge in [-0.15, -0.1) is 24.0 Å². The Morgan fingerprint density at radius 3 is 2.59 bits per heavy atom. The van der Waals surface area contributed by atoms with Crippen LogP contribution in [-0.2, 0) is 16.4 Å². The molecule has 0 aliphatic heterocycles. The van der Waals surface area contributed by atoms with Crippen LogP contribution in [0.3, 0.4) is 0 Å². The van der Waals surface area contributed by atoms with Gasteiger partial charge < -0.3 is 15.4 Å². The highest BCUT2D eigenvalue weighted by Crippen LogP contribution is 2.20. The zero-order valence-corrected chi connectivity index (χ0v) is 19.7. The molecular weight excluding hydrogens is 510 g/mol. The third-order valence-electron chi connectivity index (χ3n) is 3.82. The van der Waals surface area contributed by atoms with Gasteiger partial charge in [-0.25, -0.2) is 17.8 Å². The van der Waals surface area contributed by atoms with Gasteiger partial charge in [-0.3, -0.25) is 4.99 Å². The van der Waals surface area contributed by atoms with Crippen molar-refractivity contribution in [1.29, 1.82) is 0 Å². The zero-order chi connectivity index (χ0) is 20.6. The summed E-state index contributed by atoms with van der Waals surface area (Å²) in [7, 11) is -1.34. The largest absolute Gasteiger partial charge is 0.439 e. The van der Waals surface area contributed by atoms with Crippen molar-refractivity contribution in [3.05, 3.63) is 54.0 Å². The second kappa shape index (κ2) is 11.9. The van der Waals surface area contributed by atoms with Gasteiger partial charge in [-0.1, -0.05) is 0 Å². The quantitative estimate of drug-likeness (QED) is 0.306. The smallest absolute Gasteiger partial charge is 0.219 e. The molecule has 0 saturated heterocycles. The standard InChI is InChI=1S/C19H25FN4O3S.HI/c1-14(9-11-28(3,25)26)24-19(21-2)23-13-15-8-10-22-18(12-15)27-17-6-4-16(20)5-7-17;/h4-8,10,12,14H,9,11,13H2,1-3H3,(H2,21,23,24);1H. The summed E-state index contributed by atoms with van der Waals surface area (Å²) in [6, 6.07) is 9.28. The maximum atomic E-state index is 13.0. The molecule has 0 amide bonds. The molecule has 1 aromatic heterocycles. The van der Waals surface area contributed by atoms with Gasteiger partial charge >= 0.3 is 0 Å². The van der Waals surface area contributed by atoms with E-state index in [2.05, 4.69) is 20.6 Å². The predicted molar refractivity (Wildman–Crippen MR) is 123 cm³/mol. The first kappa shape index (κ1) is 25.1. The second-order valence-electron chi connectivity index (χ2n) is 6.45. The Bertz CT molecular complexity index is 908. The van der Waals surface area contributed by atoms with E-state index in [4.69, 9.17) is 4.74 Å². The fraction of sp³-hybridized carbons (Fsp3) is 0.368. The Kier molecular flexibility index (Phi) is 10.3. The van der Waals surface area contributed by atoms with E-state index < -0.39 is 9.84 Å². The Morgan fingerprint density at radius 2 is 1.97 bits per heavy atom. The molecule has 2 aromatic rings. The number of aromatic nitrogens is 1. The summed E-state index contributed by atoms with van der Waals surface area (Å²) in [5.41, 5.74) is 0.916. The third kappa shape index (κ3) is 9.88. The molecule has 0 bridgehead atoms. The maximum absolute atomic E-state index is 13.0. The first-order valence-electron chi connectivity index (χ1n) is 8.78. The Hall–Kier alpha value is -1.95. The van der Waals surface area contributed by atoms with Crippen molar-refractivity contribution in [2.45, 2.75) is 25.9 Å². The zero-order valence-electron chi connectivity index (χ0n) is 16.6. The number of hydrogen-bond donors (Lipinski definition) is 2. The molecule has 2 rings (SSSR count). The van der Waals surface area contributed by atoms with Crippen molar-refractivity contribution in [2.24, 2.45) is 4.99 Å². The highest BCUT2D eigenvalue weighted by atomic mass is 127. The van der Waals surface area contributed by atoms with Crippen LogP contribution in [0.1, 0.15) is 18.9 Å². The summed E-state index contributed by atoms with van der Waals surface area (Å²) in [4.78, 5) is 8.30. The van der Waals surface area contributed by atoms with Crippen LogP contribution in [0, 0.1) is 5.82 Å². The molecule has 0 spiro atoms. The summed E-state index contributed by atoms with van der Waals surface area (Å²) < 4.78 is 41.1. The van der Waals surface area contributed by atoms with Gasteiger partial charge in [0.05, 0.1) is 5.75 Å². The number of nitrogens with one attached hydrogen (secondary N) is 2. The van der Waals surface area contributed by atoms with Crippen molar-refractivity contribution < 1.29 is 17.5 Å². The van der Waals surface area contributed by atoms with Crippen LogP contribution in [0.15, 0.2) is 47.6 Å². The van der Waals surface area contributed by atoms with Gasteiger partial charge in [0.1, 0.15) is 21.4 Å². The number of aliphatic imine (C=N–C) groups is 1. The molecule has 0 aliphatic carbocycles.